The molecule has 0 bridgehead atoms. The van der Waals surface area contributed by atoms with E-state index in [0.717, 1.165) is 12.0 Å². The first-order valence-electron chi connectivity index (χ1n) is 6.68. The van der Waals surface area contributed by atoms with Crippen LogP contribution in [-0.4, -0.2) is 28.2 Å². The maximum Gasteiger partial charge on any atom is 0.240 e. The van der Waals surface area contributed by atoms with Crippen molar-refractivity contribution in [1.29, 1.82) is 0 Å². The molecule has 0 fully saturated rings. The van der Waals surface area contributed by atoms with Gasteiger partial charge in [-0.15, -0.1) is 0 Å². The third-order valence-electron chi connectivity index (χ3n) is 2.77. The standard InChI is InChI=1S/C14H22BrNO3S/c1-12(2)7-9-19-10-8-16-20(17,18)14-5-3-13(11-15)4-6-14/h3-6,12,16H,7-11H2,1-2H3. The van der Waals surface area contributed by atoms with Gasteiger partial charge in [-0.05, 0) is 30.0 Å². The molecular formula is C14H22BrNO3S. The summed E-state index contributed by atoms with van der Waals surface area (Å²) in [6, 6.07) is 6.81. The Balaban J connectivity index is 2.37. The zero-order valence-corrected chi connectivity index (χ0v) is 14.3. The molecule has 0 saturated heterocycles. The molecule has 4 nitrogen and oxygen atoms in total. The lowest BCUT2D eigenvalue weighted by Crippen LogP contribution is -2.27. The smallest absolute Gasteiger partial charge is 0.240 e. The van der Waals surface area contributed by atoms with Crippen molar-refractivity contribution in [3.63, 3.8) is 0 Å². The van der Waals surface area contributed by atoms with Gasteiger partial charge in [0, 0.05) is 18.5 Å². The van der Waals surface area contributed by atoms with Crippen LogP contribution in [0.4, 0.5) is 0 Å². The van der Waals surface area contributed by atoms with Crippen LogP contribution in [0.2, 0.25) is 0 Å². The molecule has 0 amide bonds. The molecule has 1 rings (SSSR count). The zero-order valence-electron chi connectivity index (χ0n) is 11.9. The topological polar surface area (TPSA) is 55.4 Å². The molecule has 114 valence electrons. The van der Waals surface area contributed by atoms with Gasteiger partial charge in [0.2, 0.25) is 10.0 Å². The Labute approximate surface area is 130 Å². The molecule has 1 aromatic rings. The number of hydrogen-bond acceptors (Lipinski definition) is 3. The lowest BCUT2D eigenvalue weighted by molar-refractivity contribution is 0.128. The van der Waals surface area contributed by atoms with E-state index in [9.17, 15) is 8.42 Å². The number of rotatable bonds is 9. The van der Waals surface area contributed by atoms with Crippen molar-refractivity contribution >= 4 is 26.0 Å². The first-order chi connectivity index (χ1) is 9.45. The number of alkyl halides is 1. The normalized spacial score (nSPS) is 12.0. The van der Waals surface area contributed by atoms with Gasteiger partial charge in [-0.3, -0.25) is 0 Å². The Hall–Kier alpha value is -0.430. The van der Waals surface area contributed by atoms with Crippen LogP contribution in [0.5, 0.6) is 0 Å². The van der Waals surface area contributed by atoms with Gasteiger partial charge in [-0.1, -0.05) is 41.9 Å². The molecular weight excluding hydrogens is 342 g/mol. The van der Waals surface area contributed by atoms with Gasteiger partial charge in [-0.25, -0.2) is 13.1 Å². The van der Waals surface area contributed by atoms with Gasteiger partial charge in [0.15, 0.2) is 0 Å². The second kappa shape index (κ2) is 8.77. The van der Waals surface area contributed by atoms with Crippen molar-refractivity contribution in [3.05, 3.63) is 29.8 Å². The largest absolute Gasteiger partial charge is 0.380 e. The van der Waals surface area contributed by atoms with E-state index < -0.39 is 10.0 Å². The first-order valence-corrected chi connectivity index (χ1v) is 9.28. The molecule has 20 heavy (non-hydrogen) atoms. The molecule has 1 aromatic carbocycles. The van der Waals surface area contributed by atoms with Crippen LogP contribution in [0.3, 0.4) is 0 Å². The van der Waals surface area contributed by atoms with Crippen LogP contribution in [0, 0.1) is 5.92 Å². The van der Waals surface area contributed by atoms with Crippen LogP contribution >= 0.6 is 15.9 Å². The third kappa shape index (κ3) is 6.35. The molecule has 0 atom stereocenters. The fourth-order valence-electron chi connectivity index (χ4n) is 1.51. The first kappa shape index (κ1) is 17.6. The van der Waals surface area contributed by atoms with Crippen LogP contribution in [-0.2, 0) is 20.1 Å². The van der Waals surface area contributed by atoms with Crippen LogP contribution in [0.25, 0.3) is 0 Å². The second-order valence-corrected chi connectivity index (χ2v) is 7.30. The SMILES string of the molecule is CC(C)CCOCCNS(=O)(=O)c1ccc(CBr)cc1. The van der Waals surface area contributed by atoms with E-state index in [-0.39, 0.29) is 4.90 Å². The summed E-state index contributed by atoms with van der Waals surface area (Å²) >= 11 is 3.33. The minimum absolute atomic E-state index is 0.282. The highest BCUT2D eigenvalue weighted by atomic mass is 79.9. The highest BCUT2D eigenvalue weighted by Gasteiger charge is 2.12. The Morgan fingerprint density at radius 3 is 2.40 bits per heavy atom. The lowest BCUT2D eigenvalue weighted by Gasteiger charge is -2.09. The molecule has 0 aromatic heterocycles. The quantitative estimate of drug-likeness (QED) is 0.542. The fraction of sp³-hybridized carbons (Fsp3) is 0.571. The maximum absolute atomic E-state index is 12.0. The summed E-state index contributed by atoms with van der Waals surface area (Å²) in [5.41, 5.74) is 1.04. The zero-order chi connectivity index (χ0) is 15.0. The molecule has 1 N–H and O–H groups in total. The highest BCUT2D eigenvalue weighted by molar-refractivity contribution is 9.08. The van der Waals surface area contributed by atoms with Gasteiger partial charge >= 0.3 is 0 Å². The Kier molecular flexibility index (Phi) is 7.72. The third-order valence-corrected chi connectivity index (χ3v) is 4.89. The van der Waals surface area contributed by atoms with E-state index in [0.29, 0.717) is 31.0 Å². The maximum atomic E-state index is 12.0. The minimum Gasteiger partial charge on any atom is -0.380 e. The van der Waals surface area contributed by atoms with Crippen LogP contribution in [0.1, 0.15) is 25.8 Å². The Morgan fingerprint density at radius 1 is 1.20 bits per heavy atom. The summed E-state index contributed by atoms with van der Waals surface area (Å²) in [6.45, 7) is 5.61. The summed E-state index contributed by atoms with van der Waals surface area (Å²) in [5.74, 6) is 0.597. The summed E-state index contributed by atoms with van der Waals surface area (Å²) in [5, 5.41) is 0.713. The second-order valence-electron chi connectivity index (χ2n) is 4.97. The molecule has 0 saturated carbocycles. The monoisotopic (exact) mass is 363 g/mol. The van der Waals surface area contributed by atoms with E-state index in [2.05, 4.69) is 34.5 Å². The van der Waals surface area contributed by atoms with Crippen molar-refractivity contribution in [1.82, 2.24) is 4.72 Å². The summed E-state index contributed by atoms with van der Waals surface area (Å²) in [6.07, 6.45) is 0.987. The lowest BCUT2D eigenvalue weighted by atomic mass is 10.1. The average molecular weight is 364 g/mol. The van der Waals surface area contributed by atoms with E-state index in [1.807, 2.05) is 0 Å². The number of nitrogens with one attached hydrogen (secondary N) is 1. The van der Waals surface area contributed by atoms with Crippen molar-refractivity contribution in [2.45, 2.75) is 30.5 Å². The minimum atomic E-state index is -3.43. The molecule has 6 heteroatoms. The molecule has 0 radical (unpaired) electrons. The molecule has 0 heterocycles. The van der Waals surface area contributed by atoms with Crippen LogP contribution in [0.15, 0.2) is 29.2 Å². The predicted molar refractivity (Wildman–Crippen MR) is 84.5 cm³/mol. The van der Waals surface area contributed by atoms with Crippen molar-refractivity contribution < 1.29 is 13.2 Å². The number of halogens is 1. The predicted octanol–water partition coefficient (Wildman–Crippen LogP) is 2.92. The van der Waals surface area contributed by atoms with Crippen molar-refractivity contribution in [3.8, 4) is 0 Å². The number of benzene rings is 1. The Bertz CT molecular complexity index is 486. The van der Waals surface area contributed by atoms with E-state index in [4.69, 9.17) is 4.74 Å². The highest BCUT2D eigenvalue weighted by Crippen LogP contribution is 2.12. The van der Waals surface area contributed by atoms with Gasteiger partial charge in [0.25, 0.3) is 0 Å². The van der Waals surface area contributed by atoms with E-state index in [1.54, 1.807) is 24.3 Å². The van der Waals surface area contributed by atoms with E-state index in [1.165, 1.54) is 0 Å². The van der Waals surface area contributed by atoms with Gasteiger partial charge in [-0.2, -0.15) is 0 Å². The van der Waals surface area contributed by atoms with E-state index >= 15 is 0 Å². The Morgan fingerprint density at radius 2 is 1.85 bits per heavy atom. The average Bonchev–Trinajstić information content (AvgIpc) is 2.42. The summed E-state index contributed by atoms with van der Waals surface area (Å²) < 4.78 is 31.9. The summed E-state index contributed by atoms with van der Waals surface area (Å²) in [7, 11) is -3.43. The number of sulfonamides is 1. The molecule has 0 spiro atoms. The molecule has 0 unspecified atom stereocenters. The van der Waals surface area contributed by atoms with Crippen molar-refractivity contribution in [2.24, 2.45) is 5.92 Å². The molecule has 0 aliphatic heterocycles. The number of hydrogen-bond donors (Lipinski definition) is 1. The molecule has 0 aliphatic carbocycles. The summed E-state index contributed by atoms with van der Waals surface area (Å²) in [4.78, 5) is 0.282. The van der Waals surface area contributed by atoms with Gasteiger partial charge in [0.1, 0.15) is 0 Å². The molecule has 0 aliphatic rings. The van der Waals surface area contributed by atoms with Crippen molar-refractivity contribution in [2.75, 3.05) is 19.8 Å². The van der Waals surface area contributed by atoms with Gasteiger partial charge in [0.05, 0.1) is 11.5 Å². The number of ether oxygens (including phenoxy) is 1. The van der Waals surface area contributed by atoms with Crippen LogP contribution < -0.4 is 4.72 Å². The van der Waals surface area contributed by atoms with Gasteiger partial charge < -0.3 is 4.74 Å². The fourth-order valence-corrected chi connectivity index (χ4v) is 2.90.